The fourth-order valence-electron chi connectivity index (χ4n) is 12.2. The molecule has 0 heterocycles. The van der Waals surface area contributed by atoms with Crippen LogP contribution < -0.4 is 58.0 Å². The van der Waals surface area contributed by atoms with Crippen LogP contribution in [0.2, 0.25) is 0 Å². The molecular formula is C90H79Br3ClNaO20Zn. The van der Waals surface area contributed by atoms with Crippen molar-refractivity contribution in [3.8, 4) is 51.7 Å². The Morgan fingerprint density at radius 2 is 0.629 bits per heavy atom. The number of esters is 1. The zero-order chi connectivity index (χ0) is 83.1. The molecule has 0 atom stereocenters. The van der Waals surface area contributed by atoms with Gasteiger partial charge in [-0.05, 0) is 146 Å². The zero-order valence-corrected chi connectivity index (χ0v) is 74.8. The van der Waals surface area contributed by atoms with Crippen LogP contribution in [0.3, 0.4) is 0 Å². The molecular weight excluding hydrogens is 1760 g/mol. The number of aromatic hydroxyl groups is 3. The van der Waals surface area contributed by atoms with E-state index in [2.05, 4.69) is 51.1 Å². The first kappa shape index (κ1) is 95.7. The van der Waals surface area contributed by atoms with E-state index >= 15 is 0 Å². The fraction of sp³-hybridized carbons (Fsp3) is 0.111. The molecule has 14 aromatic carbocycles. The Balaban J connectivity index is 0.000000251. The van der Waals surface area contributed by atoms with Gasteiger partial charge in [-0.15, -0.1) is 0 Å². The summed E-state index contributed by atoms with van der Waals surface area (Å²) in [5.74, 6) is -1.13. The number of fused-ring (bicyclic) bond motifs is 5. The summed E-state index contributed by atoms with van der Waals surface area (Å²) in [5, 5.41) is 73.9. The molecule has 26 heteroatoms. The molecule has 0 aliphatic rings. The number of carboxylic acid groups (broad SMARTS) is 4. The Hall–Kier alpha value is -10.9. The molecule has 0 spiro atoms. The number of hydrogen-bond donors (Lipinski definition) is 7. The Morgan fingerprint density at radius 1 is 0.345 bits per heavy atom. The Bertz CT molecular complexity index is 5650. The third kappa shape index (κ3) is 25.1. The van der Waals surface area contributed by atoms with Crippen LogP contribution in [-0.2, 0) is 41.3 Å². The van der Waals surface area contributed by atoms with Gasteiger partial charge in [0.1, 0.15) is 73.8 Å². The molecule has 0 bridgehead atoms. The van der Waals surface area contributed by atoms with Crippen molar-refractivity contribution in [1.29, 1.82) is 0 Å². The van der Waals surface area contributed by atoms with Gasteiger partial charge in [0.15, 0.2) is 0 Å². The van der Waals surface area contributed by atoms with E-state index in [1.807, 2.05) is 188 Å². The van der Waals surface area contributed by atoms with Gasteiger partial charge in [-0.2, -0.15) is 24.6 Å². The zero-order valence-electron chi connectivity index (χ0n) is 64.3. The predicted molar refractivity (Wildman–Crippen MR) is 455 cm³/mol. The van der Waals surface area contributed by atoms with Crippen molar-refractivity contribution in [1.82, 2.24) is 0 Å². The molecule has 0 aromatic heterocycles. The molecule has 0 radical (unpaired) electrons. The summed E-state index contributed by atoms with van der Waals surface area (Å²) in [6, 6.07) is 77.6. The standard InChI is InChI=1S/C21H20O4.C20H18O4.C19H16O4.C11H7BrO3.C11H8O3.C8H9O.Br2.ClH.Na.H2O.Zn/c1-23-16-10-8-14(9-11-16)12-15-13-19(21(22)25-3)20(24-2)18-7-5-4-6-17(15)18;1-23-15-9-7-13(8-10-15)11-14-12-18(20(21)22)19(24-2)17-6-4-3-5-16(14)17;1-23-14-8-6-12(7-9-14)10-13-11-17(19(21)22)18(20)16-5-3-2-4-15(13)16;12-9-5-8(11(14)15)10(13)7-4-2-1-3-6(7)9;12-10-8-4-2-1-3-7(8)5-6-9(10)11(13)14;1-7-3-5-8(9-2)6-4-7;1-2;;;;/h4-11,13H,12H2,1-3H3;3-10,12H,11H2,1-2H3,(H,21,22);2-9,11,20H,10H2,1H3,(H,21,22);1-5,13H,(H,14,15);1-6,12H,(H,13,14);3-6H,1H2,2H3;;1H;;1H2;/q;;;;;-1;;;+1;;+2/p-2. The number of benzene rings is 14. The Labute approximate surface area is 730 Å². The maximum Gasteiger partial charge on any atom is 1.00 e. The second-order valence-corrected chi connectivity index (χ2v) is 25.3. The summed E-state index contributed by atoms with van der Waals surface area (Å²) in [4.78, 5) is 56.7. The van der Waals surface area contributed by atoms with E-state index in [-0.39, 0.29) is 74.5 Å². The first-order valence-corrected chi connectivity index (χ1v) is 42.7. The molecule has 0 amide bonds. The van der Waals surface area contributed by atoms with Crippen LogP contribution in [0.15, 0.2) is 259 Å². The van der Waals surface area contributed by atoms with Gasteiger partial charge in [-0.1, -0.05) is 192 Å². The molecule has 0 saturated heterocycles. The molecule has 0 saturated carbocycles. The second-order valence-electron chi connectivity index (χ2n) is 24.4. The van der Waals surface area contributed by atoms with Gasteiger partial charge in [-0.3, -0.25) is 0 Å². The van der Waals surface area contributed by atoms with Crippen molar-refractivity contribution in [3.05, 3.63) is 333 Å². The SMILES string of the molecule is BrBr.COC(=O)c1cc(Cc2ccc(OC)cc2)c2ccccc2c1OC.COc1ccc(Cc2cc(C(=O)O)c(O)c3ccccc23)cc1.COc1ccc(Cc2cc(C(=O)O)c(OC)c3ccccc23)cc1.O=C(O)c1cc(Br)c2ccccc2c1O.O=C(O)c1ccc2ccccc2c1O.[CH2-]c1ccc(OC)cc1.[Cl][Zn+].[Na+].[OH-]. The largest absolute Gasteiger partial charge is 1.00 e. The minimum Gasteiger partial charge on any atom is -0.870 e. The van der Waals surface area contributed by atoms with Crippen LogP contribution >= 0.6 is 53.9 Å². The molecule has 0 aliphatic heterocycles. The molecule has 0 aliphatic carbocycles. The normalized spacial score (nSPS) is 9.97. The first-order chi connectivity index (χ1) is 55.0. The molecule has 20 nitrogen and oxygen atoms in total. The number of carbonyl (C=O) groups is 5. The maximum atomic E-state index is 12.2. The summed E-state index contributed by atoms with van der Waals surface area (Å²) < 4.78 is 36.9. The number of carbonyl (C=O) groups excluding carboxylic acids is 1. The average Bonchev–Trinajstić information content (AvgIpc) is 0.755. The third-order valence-electron chi connectivity index (χ3n) is 17.7. The number of methoxy groups -OCH3 is 7. The smallest absolute Gasteiger partial charge is 0.870 e. The summed E-state index contributed by atoms with van der Waals surface area (Å²) >= 11 is 9.62. The van der Waals surface area contributed by atoms with Crippen LogP contribution in [0.4, 0.5) is 0 Å². The Kier molecular flexibility index (Phi) is 39.5. The van der Waals surface area contributed by atoms with E-state index in [0.717, 1.165) is 117 Å². The molecule has 0 fully saturated rings. The fourth-order valence-corrected chi connectivity index (χ4v) is 12.7. The monoisotopic (exact) mass is 1840 g/mol. The number of halogens is 4. The van der Waals surface area contributed by atoms with E-state index in [4.69, 9.17) is 53.1 Å². The first-order valence-electron chi connectivity index (χ1n) is 34.3. The summed E-state index contributed by atoms with van der Waals surface area (Å²) in [5.41, 5.74) is 7.50. The van der Waals surface area contributed by atoms with Crippen LogP contribution in [0.1, 0.15) is 90.7 Å². The van der Waals surface area contributed by atoms with Crippen molar-refractivity contribution in [2.75, 3.05) is 49.8 Å². The quantitative estimate of drug-likeness (QED) is 0.0253. The van der Waals surface area contributed by atoms with E-state index in [1.165, 1.54) is 26.4 Å². The summed E-state index contributed by atoms with van der Waals surface area (Å²) in [6.45, 7) is 3.74. The van der Waals surface area contributed by atoms with Crippen LogP contribution in [0.5, 0.6) is 51.7 Å². The summed E-state index contributed by atoms with van der Waals surface area (Å²) in [7, 11) is 15.7. The van der Waals surface area contributed by atoms with Gasteiger partial charge >= 0.3 is 86.4 Å². The molecule has 14 aromatic rings. The van der Waals surface area contributed by atoms with Crippen LogP contribution in [-0.4, -0.2) is 121 Å². The molecule has 14 rings (SSSR count). The van der Waals surface area contributed by atoms with Crippen molar-refractivity contribution in [3.63, 3.8) is 0 Å². The number of rotatable bonds is 17. The topological polar surface area (TPSA) is 322 Å². The van der Waals surface area contributed by atoms with Crippen LogP contribution in [0, 0.1) is 6.92 Å². The van der Waals surface area contributed by atoms with E-state index in [0.29, 0.717) is 57.0 Å². The Morgan fingerprint density at radius 3 is 0.991 bits per heavy atom. The van der Waals surface area contributed by atoms with Gasteiger partial charge in [-0.25, -0.2) is 24.0 Å². The van der Waals surface area contributed by atoms with Gasteiger partial charge in [0.2, 0.25) is 0 Å². The summed E-state index contributed by atoms with van der Waals surface area (Å²) in [6.07, 6.45) is 1.90. The van der Waals surface area contributed by atoms with Gasteiger partial charge in [0.05, 0.1) is 55.5 Å². The number of hydrogen-bond acceptors (Lipinski definition) is 16. The number of ether oxygens (including phenoxy) is 7. The van der Waals surface area contributed by atoms with Gasteiger partial charge < -0.3 is 74.4 Å². The minimum atomic E-state index is -1.14. The maximum absolute atomic E-state index is 12.2. The minimum absolute atomic E-state index is 0. The van der Waals surface area contributed by atoms with Crippen molar-refractivity contribution in [2.24, 2.45) is 0 Å². The number of carboxylic acids is 4. The molecule has 0 unspecified atom stereocenters. The van der Waals surface area contributed by atoms with Crippen molar-refractivity contribution in [2.45, 2.75) is 19.3 Å². The second kappa shape index (κ2) is 47.8. The third-order valence-corrected chi connectivity index (χ3v) is 18.3. The molecule has 590 valence electrons. The number of phenols is 3. The molecule has 8 N–H and O–H groups in total. The molecule has 116 heavy (non-hydrogen) atoms. The van der Waals surface area contributed by atoms with Gasteiger partial charge in [0.25, 0.3) is 0 Å². The predicted octanol–water partition coefficient (Wildman–Crippen LogP) is 18.6. The van der Waals surface area contributed by atoms with Crippen molar-refractivity contribution < 1.29 is 145 Å². The van der Waals surface area contributed by atoms with E-state index < -0.39 is 29.8 Å². The van der Waals surface area contributed by atoms with Crippen LogP contribution in [0.25, 0.3) is 53.9 Å². The van der Waals surface area contributed by atoms with Gasteiger partial charge in [0, 0.05) is 59.7 Å². The average molecular weight is 1840 g/mol. The number of aromatic carboxylic acids is 4. The van der Waals surface area contributed by atoms with E-state index in [1.54, 1.807) is 90.1 Å². The van der Waals surface area contributed by atoms with Crippen molar-refractivity contribution >= 4 is 138 Å². The van der Waals surface area contributed by atoms with E-state index in [9.17, 15) is 49.5 Å².